The summed E-state index contributed by atoms with van der Waals surface area (Å²) in [6.45, 7) is 7.00. The van der Waals surface area contributed by atoms with Gasteiger partial charge < -0.3 is 4.90 Å². The number of hydrogen-bond donors (Lipinski definition) is 1. The molecule has 0 heterocycles. The van der Waals surface area contributed by atoms with Crippen molar-refractivity contribution in [3.05, 3.63) is 29.3 Å². The third-order valence-electron chi connectivity index (χ3n) is 2.41. The van der Waals surface area contributed by atoms with Gasteiger partial charge >= 0.3 is 0 Å². The number of anilines is 1. The Morgan fingerprint density at radius 1 is 1.35 bits per heavy atom. The highest BCUT2D eigenvalue weighted by molar-refractivity contribution is 7.99. The molecule has 2 N–H and O–H groups in total. The maximum atomic E-state index is 4.70. The number of hydrogen-bond acceptors (Lipinski definition) is 5. The summed E-state index contributed by atoms with van der Waals surface area (Å²) in [7, 11) is 0. The Morgan fingerprint density at radius 3 is 2.71 bits per heavy atom. The highest BCUT2D eigenvalue weighted by atomic mass is 32.2. The summed E-state index contributed by atoms with van der Waals surface area (Å²) in [6, 6.07) is 9.19. The minimum Gasteiger partial charge on any atom is -0.301 e. The summed E-state index contributed by atoms with van der Waals surface area (Å²) in [4.78, 5) is 5.87. The van der Waals surface area contributed by atoms with Crippen molar-refractivity contribution in [1.82, 2.24) is 0 Å². The first-order chi connectivity index (χ1) is 8.19. The van der Waals surface area contributed by atoms with Crippen LogP contribution in [-0.4, -0.2) is 6.54 Å². The molecule has 0 aromatic heterocycles. The third-order valence-corrected chi connectivity index (χ3v) is 2.74. The van der Waals surface area contributed by atoms with E-state index in [4.69, 9.17) is 5.90 Å². The molecule has 17 heavy (non-hydrogen) atoms. The number of aryl methyl sites for hydroxylation is 2. The molecule has 0 saturated carbocycles. The van der Waals surface area contributed by atoms with Crippen molar-refractivity contribution in [3.8, 4) is 11.3 Å². The van der Waals surface area contributed by atoms with Crippen molar-refractivity contribution in [2.75, 3.05) is 11.4 Å². The second-order valence-electron chi connectivity index (χ2n) is 3.47. The van der Waals surface area contributed by atoms with E-state index in [0.29, 0.717) is 0 Å². The van der Waals surface area contributed by atoms with Crippen molar-refractivity contribution < 1.29 is 9.32 Å². The zero-order chi connectivity index (χ0) is 12.7. The predicted molar refractivity (Wildman–Crippen MR) is 70.7 cm³/mol. The molecule has 0 aliphatic carbocycles. The van der Waals surface area contributed by atoms with Gasteiger partial charge in [-0.05, 0) is 44.0 Å². The molecule has 0 fully saturated rings. The summed E-state index contributed by atoms with van der Waals surface area (Å²) in [5, 5.41) is 2.74. The highest BCUT2D eigenvalue weighted by Gasteiger charge is 2.02. The van der Waals surface area contributed by atoms with E-state index in [1.165, 1.54) is 11.1 Å². The Labute approximate surface area is 106 Å². The topological polar surface area (TPSA) is 47.7 Å². The Bertz CT molecular complexity index is 426. The number of rotatable bonds is 4. The summed E-state index contributed by atoms with van der Waals surface area (Å²) >= 11 is 0.849. The van der Waals surface area contributed by atoms with Crippen LogP contribution in [0.15, 0.2) is 18.2 Å². The van der Waals surface area contributed by atoms with E-state index in [-0.39, 0.29) is 0 Å². The zero-order valence-corrected chi connectivity index (χ0v) is 11.0. The van der Waals surface area contributed by atoms with Crippen LogP contribution in [0.2, 0.25) is 0 Å². The molecular weight excluding hydrogens is 236 g/mol. The smallest absolute Gasteiger partial charge is 0.125 e. The second-order valence-corrected chi connectivity index (χ2v) is 3.98. The fourth-order valence-corrected chi connectivity index (χ4v) is 1.55. The molecule has 4 nitrogen and oxygen atoms in total. The maximum absolute atomic E-state index is 4.70. The fourth-order valence-electron chi connectivity index (χ4n) is 1.33. The first-order valence-electron chi connectivity index (χ1n) is 5.23. The summed E-state index contributed by atoms with van der Waals surface area (Å²) < 4.78 is 4.40. The van der Waals surface area contributed by atoms with Crippen LogP contribution < -0.4 is 10.8 Å². The molecular formula is C12H16N2O2S. The van der Waals surface area contributed by atoms with Gasteiger partial charge in [0.15, 0.2) is 0 Å². The van der Waals surface area contributed by atoms with Gasteiger partial charge in [0.05, 0.1) is 0 Å². The van der Waals surface area contributed by atoms with Gasteiger partial charge in [-0.1, -0.05) is 6.07 Å². The minimum atomic E-state index is 0.791. The quantitative estimate of drug-likeness (QED) is 0.223. The van der Waals surface area contributed by atoms with Crippen LogP contribution in [0.3, 0.4) is 0 Å². The molecule has 1 aromatic carbocycles. The van der Waals surface area contributed by atoms with Crippen LogP contribution in [0, 0.1) is 25.1 Å². The molecule has 0 radical (unpaired) electrons. The first kappa shape index (κ1) is 13.9. The molecule has 0 atom stereocenters. The minimum absolute atomic E-state index is 0.791. The lowest BCUT2D eigenvalue weighted by Crippen LogP contribution is -2.15. The summed E-state index contributed by atoms with van der Waals surface area (Å²) in [6.07, 6.45) is 0. The average molecular weight is 252 g/mol. The van der Waals surface area contributed by atoms with Crippen molar-refractivity contribution >= 4 is 17.7 Å². The number of nitrogens with zero attached hydrogens (tertiary/aromatic N) is 1. The third kappa shape index (κ3) is 4.29. The van der Waals surface area contributed by atoms with Crippen LogP contribution in [0.25, 0.3) is 0 Å². The Kier molecular flexibility index (Phi) is 5.87. The number of nitrogens with two attached hydrogens (primary N) is 1. The van der Waals surface area contributed by atoms with E-state index in [1.54, 1.807) is 0 Å². The van der Waals surface area contributed by atoms with E-state index in [0.717, 1.165) is 24.3 Å². The lowest BCUT2D eigenvalue weighted by atomic mass is 10.1. The Hall–Kier alpha value is -1.19. The molecule has 0 unspecified atom stereocenters. The predicted octanol–water partition coefficient (Wildman–Crippen LogP) is 2.52. The average Bonchev–Trinajstić information content (AvgIpc) is 2.33. The van der Waals surface area contributed by atoms with E-state index in [2.05, 4.69) is 46.6 Å². The van der Waals surface area contributed by atoms with Gasteiger partial charge in [0.1, 0.15) is 12.0 Å². The largest absolute Gasteiger partial charge is 0.301 e. The van der Waals surface area contributed by atoms with Crippen molar-refractivity contribution in [2.24, 2.45) is 5.90 Å². The van der Waals surface area contributed by atoms with Crippen molar-refractivity contribution in [2.45, 2.75) is 20.8 Å². The normalized spacial score (nSPS) is 9.65. The molecule has 0 amide bonds. The maximum Gasteiger partial charge on any atom is 0.125 e. The molecule has 1 aromatic rings. The van der Waals surface area contributed by atoms with Crippen LogP contribution in [0.1, 0.15) is 18.1 Å². The van der Waals surface area contributed by atoms with Crippen LogP contribution in [0.4, 0.5) is 5.69 Å². The van der Waals surface area contributed by atoms with Crippen LogP contribution in [0.5, 0.6) is 0 Å². The lowest BCUT2D eigenvalue weighted by molar-refractivity contribution is -0.194. The van der Waals surface area contributed by atoms with Gasteiger partial charge in [0.25, 0.3) is 0 Å². The zero-order valence-electron chi connectivity index (χ0n) is 10.2. The monoisotopic (exact) mass is 252 g/mol. The van der Waals surface area contributed by atoms with Crippen molar-refractivity contribution in [3.63, 3.8) is 0 Å². The van der Waals surface area contributed by atoms with Gasteiger partial charge in [-0.3, -0.25) is 0 Å². The first-order valence-corrected chi connectivity index (χ1v) is 5.97. The highest BCUT2D eigenvalue weighted by Crippen LogP contribution is 2.18. The van der Waals surface area contributed by atoms with Gasteiger partial charge in [-0.2, -0.15) is 5.90 Å². The molecule has 0 aliphatic heterocycles. The molecule has 0 aliphatic rings. The van der Waals surface area contributed by atoms with Gasteiger partial charge in [0.2, 0.25) is 0 Å². The SMILES string of the molecule is CCN(C#CSOON)c1ccc(C)c(C)c1. The van der Waals surface area contributed by atoms with Crippen LogP contribution in [-0.2, 0) is 9.32 Å². The van der Waals surface area contributed by atoms with E-state index in [9.17, 15) is 0 Å². The van der Waals surface area contributed by atoms with Gasteiger partial charge in [-0.25, -0.2) is 0 Å². The molecule has 1 rings (SSSR count). The lowest BCUT2D eigenvalue weighted by Gasteiger charge is -2.16. The molecule has 5 heteroatoms. The Morgan fingerprint density at radius 2 is 2.12 bits per heavy atom. The Balaban J connectivity index is 2.78. The van der Waals surface area contributed by atoms with Gasteiger partial charge in [0, 0.05) is 23.5 Å². The summed E-state index contributed by atoms with van der Waals surface area (Å²) in [5.41, 5.74) is 3.58. The van der Waals surface area contributed by atoms with Crippen LogP contribution >= 0.6 is 12.0 Å². The van der Waals surface area contributed by atoms with Gasteiger partial charge in [-0.15, -0.1) is 9.32 Å². The standard InChI is InChI=1S/C12H16N2O2S/c1-4-14(7-8-17-16-15-13)12-6-5-10(2)11(3)9-12/h5-6,9H,4,13H2,1-3H3. The van der Waals surface area contributed by atoms with E-state index in [1.807, 2.05) is 17.9 Å². The second kappa shape index (κ2) is 7.20. The van der Waals surface area contributed by atoms with E-state index < -0.39 is 0 Å². The molecule has 0 spiro atoms. The molecule has 92 valence electrons. The summed E-state index contributed by atoms with van der Waals surface area (Å²) in [5.74, 6) is 4.70. The fraction of sp³-hybridized carbons (Fsp3) is 0.333. The van der Waals surface area contributed by atoms with E-state index >= 15 is 0 Å². The number of benzene rings is 1. The molecule has 0 bridgehead atoms. The molecule has 0 saturated heterocycles. The van der Waals surface area contributed by atoms with Crippen molar-refractivity contribution in [1.29, 1.82) is 0 Å².